The van der Waals surface area contributed by atoms with E-state index in [9.17, 15) is 0 Å². The largest absolute Gasteiger partial charge is 0.357 e. The molecule has 2 aromatic heterocycles. The summed E-state index contributed by atoms with van der Waals surface area (Å²) in [4.78, 5) is 7.15. The molecule has 4 rings (SSSR count). The number of pyridine rings is 1. The highest BCUT2D eigenvalue weighted by Crippen LogP contribution is 2.42. The third-order valence-corrected chi connectivity index (χ3v) is 4.86. The number of fused-ring (bicyclic) bond motifs is 1. The molecule has 0 fully saturated rings. The number of rotatable bonds is 5. The second-order valence-corrected chi connectivity index (χ2v) is 6.56. The zero-order valence-electron chi connectivity index (χ0n) is 15.1. The number of hydrogen-bond acceptors (Lipinski definition) is 5. The van der Waals surface area contributed by atoms with Crippen LogP contribution in [0.1, 0.15) is 13.8 Å². The summed E-state index contributed by atoms with van der Waals surface area (Å²) in [5.41, 5.74) is 3.80. The molecule has 0 saturated heterocycles. The van der Waals surface area contributed by atoms with Gasteiger partial charge in [0.1, 0.15) is 5.82 Å². The van der Waals surface area contributed by atoms with Gasteiger partial charge >= 0.3 is 0 Å². The smallest absolute Gasteiger partial charge is 0.209 e. The number of anilines is 1. The van der Waals surface area contributed by atoms with Gasteiger partial charge in [0.05, 0.1) is 11.1 Å². The summed E-state index contributed by atoms with van der Waals surface area (Å²) in [6.07, 6.45) is 0. The molecular formula is C20H19ClN6. The van der Waals surface area contributed by atoms with E-state index >= 15 is 0 Å². The molecule has 2 heterocycles. The van der Waals surface area contributed by atoms with Crippen LogP contribution in [-0.2, 0) is 0 Å². The Kier molecular flexibility index (Phi) is 4.73. The molecule has 2 aromatic carbocycles. The van der Waals surface area contributed by atoms with E-state index in [4.69, 9.17) is 16.6 Å². The van der Waals surface area contributed by atoms with Gasteiger partial charge < -0.3 is 4.90 Å². The standard InChI is InChI=1S/C20H19ClN6/c1-3-27(4-2)20-18(19-23-25-26-24-19)17(13-8-6-5-7-9-13)15-12-14(21)10-11-16(15)22-20/h5-12H,3-4H2,1-2H3,(H,23,24,25,26). The van der Waals surface area contributed by atoms with E-state index in [-0.39, 0.29) is 0 Å². The number of benzene rings is 2. The number of H-pyrrole nitrogens is 1. The maximum absolute atomic E-state index is 6.32. The Hall–Kier alpha value is -2.99. The number of aromatic amines is 1. The van der Waals surface area contributed by atoms with E-state index in [0.717, 1.165) is 46.5 Å². The average Bonchev–Trinajstić information content (AvgIpc) is 3.23. The maximum atomic E-state index is 6.32. The fourth-order valence-corrected chi connectivity index (χ4v) is 3.53. The average molecular weight is 379 g/mol. The minimum absolute atomic E-state index is 0.519. The second kappa shape index (κ2) is 7.32. The Labute approximate surface area is 162 Å². The van der Waals surface area contributed by atoms with Gasteiger partial charge in [-0.15, -0.1) is 10.2 Å². The molecule has 0 atom stereocenters. The summed E-state index contributed by atoms with van der Waals surface area (Å²) in [6.45, 7) is 5.86. The predicted octanol–water partition coefficient (Wildman–Crippen LogP) is 4.58. The molecule has 0 aliphatic carbocycles. The molecule has 0 aliphatic heterocycles. The van der Waals surface area contributed by atoms with Crippen molar-refractivity contribution in [2.75, 3.05) is 18.0 Å². The molecule has 7 heteroatoms. The minimum Gasteiger partial charge on any atom is -0.357 e. The van der Waals surface area contributed by atoms with E-state index in [0.29, 0.717) is 10.8 Å². The van der Waals surface area contributed by atoms with Crippen LogP contribution in [-0.4, -0.2) is 38.7 Å². The molecule has 136 valence electrons. The molecule has 0 spiro atoms. The van der Waals surface area contributed by atoms with Crippen molar-refractivity contribution in [3.63, 3.8) is 0 Å². The van der Waals surface area contributed by atoms with Gasteiger partial charge in [-0.25, -0.2) is 4.98 Å². The Morgan fingerprint density at radius 2 is 1.78 bits per heavy atom. The summed E-state index contributed by atoms with van der Waals surface area (Å²) in [7, 11) is 0. The van der Waals surface area contributed by atoms with Crippen LogP contribution >= 0.6 is 11.6 Å². The van der Waals surface area contributed by atoms with Gasteiger partial charge in [-0.2, -0.15) is 5.21 Å². The van der Waals surface area contributed by atoms with Crippen LogP contribution in [0.5, 0.6) is 0 Å². The zero-order chi connectivity index (χ0) is 18.8. The van der Waals surface area contributed by atoms with Gasteiger partial charge in [-0.05, 0) is 42.8 Å². The van der Waals surface area contributed by atoms with Gasteiger partial charge in [0.2, 0.25) is 5.82 Å². The lowest BCUT2D eigenvalue weighted by Crippen LogP contribution is -2.24. The van der Waals surface area contributed by atoms with E-state index in [1.165, 1.54) is 0 Å². The van der Waals surface area contributed by atoms with Crippen LogP contribution in [0.2, 0.25) is 5.02 Å². The highest BCUT2D eigenvalue weighted by atomic mass is 35.5. The van der Waals surface area contributed by atoms with Crippen LogP contribution < -0.4 is 4.90 Å². The van der Waals surface area contributed by atoms with Crippen LogP contribution in [0.4, 0.5) is 5.82 Å². The second-order valence-electron chi connectivity index (χ2n) is 6.12. The summed E-state index contributed by atoms with van der Waals surface area (Å²) >= 11 is 6.32. The summed E-state index contributed by atoms with van der Waals surface area (Å²) in [5.74, 6) is 1.36. The van der Waals surface area contributed by atoms with Crippen molar-refractivity contribution in [1.82, 2.24) is 25.6 Å². The van der Waals surface area contributed by atoms with Gasteiger partial charge in [0.25, 0.3) is 0 Å². The monoisotopic (exact) mass is 378 g/mol. The number of halogens is 1. The van der Waals surface area contributed by atoms with Crippen molar-refractivity contribution >= 4 is 28.3 Å². The molecular weight excluding hydrogens is 360 g/mol. The van der Waals surface area contributed by atoms with E-state index in [2.05, 4.69) is 51.5 Å². The number of nitrogens with zero attached hydrogens (tertiary/aromatic N) is 5. The first kappa shape index (κ1) is 17.4. The summed E-state index contributed by atoms with van der Waals surface area (Å²) in [5, 5.41) is 16.5. The fraction of sp³-hybridized carbons (Fsp3) is 0.200. The topological polar surface area (TPSA) is 70.6 Å². The van der Waals surface area contributed by atoms with Gasteiger partial charge in [-0.1, -0.05) is 41.9 Å². The van der Waals surface area contributed by atoms with Gasteiger partial charge in [0, 0.05) is 29.1 Å². The third-order valence-electron chi connectivity index (χ3n) is 4.62. The van der Waals surface area contributed by atoms with Crippen LogP contribution in [0.3, 0.4) is 0 Å². The molecule has 4 aromatic rings. The van der Waals surface area contributed by atoms with Crippen LogP contribution in [0.15, 0.2) is 48.5 Å². The lowest BCUT2D eigenvalue weighted by atomic mass is 9.95. The lowest BCUT2D eigenvalue weighted by molar-refractivity contribution is 0.850. The van der Waals surface area contributed by atoms with E-state index in [1.807, 2.05) is 36.4 Å². The lowest BCUT2D eigenvalue weighted by Gasteiger charge is -2.25. The molecule has 0 amide bonds. The number of nitrogens with one attached hydrogen (secondary N) is 1. The Balaban J connectivity index is 2.18. The first-order chi connectivity index (χ1) is 13.2. The van der Waals surface area contributed by atoms with Crippen molar-refractivity contribution < 1.29 is 0 Å². The highest BCUT2D eigenvalue weighted by Gasteiger charge is 2.23. The SMILES string of the molecule is CCN(CC)c1nc2ccc(Cl)cc2c(-c2ccccc2)c1-c1nn[nH]n1. The first-order valence-corrected chi connectivity index (χ1v) is 9.28. The highest BCUT2D eigenvalue weighted by molar-refractivity contribution is 6.31. The molecule has 0 bridgehead atoms. The van der Waals surface area contributed by atoms with Crippen LogP contribution in [0, 0.1) is 0 Å². The summed E-state index contributed by atoms with van der Waals surface area (Å²) < 4.78 is 0. The van der Waals surface area contributed by atoms with Crippen molar-refractivity contribution in [3.8, 4) is 22.5 Å². The van der Waals surface area contributed by atoms with E-state index < -0.39 is 0 Å². The molecule has 6 nitrogen and oxygen atoms in total. The summed E-state index contributed by atoms with van der Waals surface area (Å²) in [6, 6.07) is 16.0. The Morgan fingerprint density at radius 3 is 2.44 bits per heavy atom. The predicted molar refractivity (Wildman–Crippen MR) is 109 cm³/mol. The quantitative estimate of drug-likeness (QED) is 0.550. The minimum atomic E-state index is 0.519. The Bertz CT molecular complexity index is 1060. The van der Waals surface area contributed by atoms with Crippen LogP contribution in [0.25, 0.3) is 33.4 Å². The van der Waals surface area contributed by atoms with E-state index in [1.54, 1.807) is 0 Å². The number of hydrogen-bond donors (Lipinski definition) is 1. The molecule has 0 radical (unpaired) electrons. The van der Waals surface area contributed by atoms with Crippen molar-refractivity contribution in [2.45, 2.75) is 13.8 Å². The first-order valence-electron chi connectivity index (χ1n) is 8.90. The molecule has 0 aliphatic rings. The molecule has 27 heavy (non-hydrogen) atoms. The number of aromatic nitrogens is 5. The number of tetrazole rings is 1. The zero-order valence-corrected chi connectivity index (χ0v) is 15.9. The van der Waals surface area contributed by atoms with Crippen molar-refractivity contribution in [2.24, 2.45) is 0 Å². The third kappa shape index (κ3) is 3.13. The van der Waals surface area contributed by atoms with Gasteiger partial charge in [0.15, 0.2) is 0 Å². The molecule has 0 saturated carbocycles. The Morgan fingerprint density at radius 1 is 1.00 bits per heavy atom. The van der Waals surface area contributed by atoms with Crippen molar-refractivity contribution in [1.29, 1.82) is 0 Å². The maximum Gasteiger partial charge on any atom is 0.209 e. The van der Waals surface area contributed by atoms with Gasteiger partial charge in [-0.3, -0.25) is 0 Å². The van der Waals surface area contributed by atoms with Crippen molar-refractivity contribution in [3.05, 3.63) is 53.6 Å². The molecule has 1 N–H and O–H groups in total. The normalized spacial score (nSPS) is 11.1. The molecule has 0 unspecified atom stereocenters. The fourth-order valence-electron chi connectivity index (χ4n) is 3.36.